The number of alkyl carbamates (subject to hydrolysis) is 1. The van der Waals surface area contributed by atoms with Gasteiger partial charge in [0.15, 0.2) is 6.29 Å². The van der Waals surface area contributed by atoms with Crippen molar-refractivity contribution in [1.82, 2.24) is 15.1 Å². The van der Waals surface area contributed by atoms with Gasteiger partial charge >= 0.3 is 12.1 Å². The third-order valence-corrected chi connectivity index (χ3v) is 9.40. The molecule has 2 atom stereocenters. The molecule has 4 fully saturated rings. The molecule has 0 aromatic heterocycles. The molecular formula is C38H45N3O8. The van der Waals surface area contributed by atoms with Crippen LogP contribution in [-0.2, 0) is 30.3 Å². The summed E-state index contributed by atoms with van der Waals surface area (Å²) in [6.45, 7) is 6.70. The Morgan fingerprint density at radius 2 is 1.65 bits per heavy atom. The van der Waals surface area contributed by atoms with Crippen molar-refractivity contribution in [2.75, 3.05) is 52.5 Å². The summed E-state index contributed by atoms with van der Waals surface area (Å²) in [5, 5.41) is 3.11. The predicted molar refractivity (Wildman–Crippen MR) is 181 cm³/mol. The van der Waals surface area contributed by atoms with Crippen molar-refractivity contribution in [3.63, 3.8) is 0 Å². The van der Waals surface area contributed by atoms with Crippen LogP contribution < -0.4 is 10.1 Å². The van der Waals surface area contributed by atoms with Gasteiger partial charge in [-0.15, -0.1) is 0 Å². The van der Waals surface area contributed by atoms with Crippen molar-refractivity contribution >= 4 is 18.0 Å². The van der Waals surface area contributed by atoms with Crippen LogP contribution in [0.5, 0.6) is 5.75 Å². The SMILES string of the molecule is CC(=O)N(CCOC(=O)c1ccc(COc2cccc(C(NC(=O)OC3CN4CCC3CC4)c3ccccc3)c2)cc1)CCC1OCCO1. The minimum atomic E-state index is -0.461. The van der Waals surface area contributed by atoms with Gasteiger partial charge in [0.2, 0.25) is 5.91 Å². The third kappa shape index (κ3) is 9.59. The molecule has 4 saturated heterocycles. The van der Waals surface area contributed by atoms with Crippen LogP contribution in [0.3, 0.4) is 0 Å². The zero-order chi connectivity index (χ0) is 34.0. The molecule has 4 heterocycles. The normalized spacial score (nSPS) is 20.7. The van der Waals surface area contributed by atoms with E-state index in [2.05, 4.69) is 10.2 Å². The fourth-order valence-electron chi connectivity index (χ4n) is 6.62. The van der Waals surface area contributed by atoms with Crippen molar-refractivity contribution in [3.8, 4) is 5.75 Å². The van der Waals surface area contributed by atoms with E-state index in [1.165, 1.54) is 6.92 Å². The standard InChI is InChI=1S/C38H45N3O8/c1-27(42)41(19-16-35-45-22-23-46-35)20-21-47-37(43)31-12-10-28(11-13-31)26-48-33-9-5-8-32(24-33)36(30-6-3-2-4-7-30)39-38(44)49-34-25-40-17-14-29(34)15-18-40/h2-13,24,29,34-36H,14-23,25-26H2,1H3,(H,39,44). The number of nitrogens with zero attached hydrogens (tertiary/aromatic N) is 2. The van der Waals surface area contributed by atoms with Gasteiger partial charge in [-0.2, -0.15) is 0 Å². The number of fused-ring (bicyclic) bond motifs is 3. The molecule has 11 nitrogen and oxygen atoms in total. The Hall–Kier alpha value is -4.45. The molecule has 2 amide bonds. The van der Waals surface area contributed by atoms with Crippen LogP contribution in [0.15, 0.2) is 78.9 Å². The van der Waals surface area contributed by atoms with Crippen LogP contribution in [0.2, 0.25) is 0 Å². The summed E-state index contributed by atoms with van der Waals surface area (Å²) in [4.78, 5) is 41.8. The predicted octanol–water partition coefficient (Wildman–Crippen LogP) is 4.94. The number of nitrogens with one attached hydrogen (secondary N) is 1. The van der Waals surface area contributed by atoms with Gasteiger partial charge in [0, 0.05) is 26.4 Å². The molecule has 2 unspecified atom stereocenters. The molecule has 2 bridgehead atoms. The molecule has 0 spiro atoms. The quantitative estimate of drug-likeness (QED) is 0.238. The lowest BCUT2D eigenvalue weighted by Crippen LogP contribution is -2.52. The van der Waals surface area contributed by atoms with Crippen LogP contribution in [0.4, 0.5) is 4.79 Å². The van der Waals surface area contributed by atoms with Gasteiger partial charge in [-0.05, 0) is 72.8 Å². The summed E-state index contributed by atoms with van der Waals surface area (Å²) in [6.07, 6.45) is 1.91. The first-order chi connectivity index (χ1) is 23.9. The fourth-order valence-corrected chi connectivity index (χ4v) is 6.62. The van der Waals surface area contributed by atoms with Crippen LogP contribution in [0.1, 0.15) is 59.3 Å². The Balaban J connectivity index is 1.00. The highest BCUT2D eigenvalue weighted by Gasteiger charge is 2.37. The Morgan fingerprint density at radius 1 is 0.918 bits per heavy atom. The van der Waals surface area contributed by atoms with Crippen LogP contribution in [0, 0.1) is 5.92 Å². The second-order valence-electron chi connectivity index (χ2n) is 12.7. The van der Waals surface area contributed by atoms with Crippen LogP contribution >= 0.6 is 0 Å². The van der Waals surface area contributed by atoms with Crippen LogP contribution in [-0.4, -0.2) is 92.7 Å². The number of rotatable bonds is 14. The van der Waals surface area contributed by atoms with E-state index in [-0.39, 0.29) is 31.5 Å². The van der Waals surface area contributed by atoms with E-state index in [0.29, 0.717) is 50.0 Å². The number of esters is 1. The van der Waals surface area contributed by atoms with Crippen molar-refractivity contribution in [1.29, 1.82) is 0 Å². The van der Waals surface area contributed by atoms with E-state index >= 15 is 0 Å². The zero-order valence-electron chi connectivity index (χ0n) is 28.0. The lowest BCUT2D eigenvalue weighted by Gasteiger charge is -2.43. The number of piperidine rings is 3. The summed E-state index contributed by atoms with van der Waals surface area (Å²) in [7, 11) is 0. The lowest BCUT2D eigenvalue weighted by atomic mass is 9.86. The molecule has 260 valence electrons. The second kappa shape index (κ2) is 16.8. The smallest absolute Gasteiger partial charge is 0.408 e. The van der Waals surface area contributed by atoms with E-state index in [0.717, 1.165) is 49.2 Å². The number of ether oxygens (including phenoxy) is 5. The molecule has 0 saturated carbocycles. The van der Waals surface area contributed by atoms with E-state index in [4.69, 9.17) is 23.7 Å². The number of carbonyl (C=O) groups is 3. The molecule has 0 aliphatic carbocycles. The monoisotopic (exact) mass is 671 g/mol. The lowest BCUT2D eigenvalue weighted by molar-refractivity contribution is -0.130. The average Bonchev–Trinajstić information content (AvgIpc) is 3.66. The average molecular weight is 672 g/mol. The molecular weight excluding hydrogens is 626 g/mol. The molecule has 1 N–H and O–H groups in total. The maximum atomic E-state index is 13.2. The van der Waals surface area contributed by atoms with Gasteiger partial charge in [0.1, 0.15) is 25.1 Å². The summed E-state index contributed by atoms with van der Waals surface area (Å²) >= 11 is 0. The van der Waals surface area contributed by atoms with Gasteiger partial charge in [-0.25, -0.2) is 9.59 Å². The fraction of sp³-hybridized carbons (Fsp3) is 0.447. The highest BCUT2D eigenvalue weighted by molar-refractivity contribution is 5.89. The first-order valence-corrected chi connectivity index (χ1v) is 17.1. The highest BCUT2D eigenvalue weighted by Crippen LogP contribution is 2.31. The molecule has 4 aliphatic rings. The molecule has 4 aliphatic heterocycles. The molecule has 49 heavy (non-hydrogen) atoms. The maximum absolute atomic E-state index is 13.2. The van der Waals surface area contributed by atoms with Crippen molar-refractivity contribution in [2.45, 2.75) is 51.2 Å². The molecule has 11 heteroatoms. The third-order valence-electron chi connectivity index (χ3n) is 9.40. The Labute approximate surface area is 287 Å². The molecule has 7 rings (SSSR count). The van der Waals surface area contributed by atoms with E-state index in [1.807, 2.05) is 66.7 Å². The first kappa shape index (κ1) is 34.4. The van der Waals surface area contributed by atoms with Gasteiger partial charge < -0.3 is 33.9 Å². The van der Waals surface area contributed by atoms with Crippen molar-refractivity contribution in [3.05, 3.63) is 101 Å². The van der Waals surface area contributed by atoms with Gasteiger partial charge in [-0.3, -0.25) is 9.69 Å². The zero-order valence-corrected chi connectivity index (χ0v) is 28.0. The van der Waals surface area contributed by atoms with Crippen LogP contribution in [0.25, 0.3) is 0 Å². The minimum Gasteiger partial charge on any atom is -0.489 e. The summed E-state index contributed by atoms with van der Waals surface area (Å²) in [5.74, 6) is 0.514. The van der Waals surface area contributed by atoms with Gasteiger partial charge in [0.05, 0.1) is 31.4 Å². The number of amides is 2. The number of carbonyl (C=O) groups excluding carboxylic acids is 3. The Kier molecular flexibility index (Phi) is 11.8. The Morgan fingerprint density at radius 3 is 2.35 bits per heavy atom. The van der Waals surface area contributed by atoms with Gasteiger partial charge in [0.25, 0.3) is 0 Å². The summed E-state index contributed by atoms with van der Waals surface area (Å²) < 4.78 is 28.4. The molecule has 3 aromatic carbocycles. The topological polar surface area (TPSA) is 116 Å². The first-order valence-electron chi connectivity index (χ1n) is 17.1. The largest absolute Gasteiger partial charge is 0.489 e. The number of hydrogen-bond donors (Lipinski definition) is 1. The van der Waals surface area contributed by atoms with E-state index in [1.54, 1.807) is 17.0 Å². The second-order valence-corrected chi connectivity index (χ2v) is 12.7. The van der Waals surface area contributed by atoms with E-state index in [9.17, 15) is 14.4 Å². The highest BCUT2D eigenvalue weighted by atomic mass is 16.7. The van der Waals surface area contributed by atoms with Crippen molar-refractivity contribution < 1.29 is 38.1 Å². The van der Waals surface area contributed by atoms with E-state index < -0.39 is 18.1 Å². The Bertz CT molecular complexity index is 1540. The number of hydrogen-bond acceptors (Lipinski definition) is 9. The van der Waals surface area contributed by atoms with Gasteiger partial charge in [-0.1, -0.05) is 54.6 Å². The van der Waals surface area contributed by atoms with Crippen molar-refractivity contribution in [2.24, 2.45) is 5.92 Å². The minimum absolute atomic E-state index is 0.0817. The molecule has 3 aromatic rings. The summed E-state index contributed by atoms with van der Waals surface area (Å²) in [6, 6.07) is 24.1. The number of benzene rings is 3. The maximum Gasteiger partial charge on any atom is 0.408 e. The summed E-state index contributed by atoms with van der Waals surface area (Å²) in [5.41, 5.74) is 3.10. The molecule has 0 radical (unpaired) electrons.